The van der Waals surface area contributed by atoms with Gasteiger partial charge in [0.05, 0.1) is 0 Å². The summed E-state index contributed by atoms with van der Waals surface area (Å²) in [6.07, 6.45) is 6.13. The van der Waals surface area contributed by atoms with E-state index in [1.807, 2.05) is 7.05 Å². The third kappa shape index (κ3) is 12.5. The molecule has 1 fully saturated rings. The van der Waals surface area contributed by atoms with Crippen molar-refractivity contribution in [2.24, 2.45) is 16.3 Å². The zero-order valence-corrected chi connectivity index (χ0v) is 17.4. The Morgan fingerprint density at radius 3 is 2.55 bits per heavy atom. The van der Waals surface area contributed by atoms with Crippen molar-refractivity contribution in [1.82, 2.24) is 10.6 Å². The number of aliphatic imine (C=N–C) groups is 1. The summed E-state index contributed by atoms with van der Waals surface area (Å²) in [5.41, 5.74) is 0.395. The molecule has 2 N–H and O–H groups in total. The van der Waals surface area contributed by atoms with E-state index in [2.05, 4.69) is 43.3 Å². The van der Waals surface area contributed by atoms with Gasteiger partial charge in [-0.3, -0.25) is 4.99 Å². The molecule has 4 nitrogen and oxygen atoms in total. The van der Waals surface area contributed by atoms with Crippen molar-refractivity contribution < 1.29 is 4.74 Å². The van der Waals surface area contributed by atoms with Crippen LogP contribution in [0.15, 0.2) is 4.99 Å². The molecule has 132 valence electrons. The van der Waals surface area contributed by atoms with Gasteiger partial charge in [0, 0.05) is 32.8 Å². The Labute approximate surface area is 154 Å². The van der Waals surface area contributed by atoms with Crippen LogP contribution < -0.4 is 10.6 Å². The minimum absolute atomic E-state index is 0. The Morgan fingerprint density at radius 2 is 2.00 bits per heavy atom. The van der Waals surface area contributed by atoms with Gasteiger partial charge in [0.15, 0.2) is 5.96 Å². The zero-order chi connectivity index (χ0) is 15.7. The molecule has 1 atom stereocenters. The SMILES string of the molecule is CN=C(NCCCOCC1CC1)NC(C)CCC(C)(C)C.I. The predicted molar refractivity (Wildman–Crippen MR) is 106 cm³/mol. The lowest BCUT2D eigenvalue weighted by atomic mass is 9.89. The largest absolute Gasteiger partial charge is 0.381 e. The molecule has 0 amide bonds. The fraction of sp³-hybridized carbons (Fsp3) is 0.941. The minimum atomic E-state index is 0. The summed E-state index contributed by atoms with van der Waals surface area (Å²) < 4.78 is 5.63. The molecule has 0 aromatic rings. The molecule has 0 heterocycles. The van der Waals surface area contributed by atoms with E-state index in [-0.39, 0.29) is 24.0 Å². The molecule has 0 saturated heterocycles. The minimum Gasteiger partial charge on any atom is -0.381 e. The second kappa shape index (κ2) is 11.5. The number of hydrogen-bond acceptors (Lipinski definition) is 2. The smallest absolute Gasteiger partial charge is 0.191 e. The normalized spacial score (nSPS) is 16.9. The molecule has 0 spiro atoms. The highest BCUT2D eigenvalue weighted by Crippen LogP contribution is 2.28. The average Bonchev–Trinajstić information content (AvgIpc) is 3.22. The van der Waals surface area contributed by atoms with Gasteiger partial charge in [0.25, 0.3) is 0 Å². The number of guanidine groups is 1. The number of nitrogens with one attached hydrogen (secondary N) is 2. The molecular formula is C17H36IN3O. The number of halogens is 1. The van der Waals surface area contributed by atoms with Crippen molar-refractivity contribution in [3.63, 3.8) is 0 Å². The molecule has 1 saturated carbocycles. The first-order valence-electron chi connectivity index (χ1n) is 8.45. The van der Waals surface area contributed by atoms with Crippen LogP contribution in [0.4, 0.5) is 0 Å². The molecule has 1 unspecified atom stereocenters. The summed E-state index contributed by atoms with van der Waals surface area (Å²) in [6, 6.07) is 0.446. The van der Waals surface area contributed by atoms with E-state index >= 15 is 0 Å². The van der Waals surface area contributed by atoms with Crippen molar-refractivity contribution in [3.8, 4) is 0 Å². The van der Waals surface area contributed by atoms with Crippen LogP contribution in [0.3, 0.4) is 0 Å². The van der Waals surface area contributed by atoms with E-state index in [0.717, 1.165) is 44.5 Å². The van der Waals surface area contributed by atoms with Crippen LogP contribution in [-0.4, -0.2) is 38.8 Å². The topological polar surface area (TPSA) is 45.7 Å². The molecule has 0 aliphatic heterocycles. The van der Waals surface area contributed by atoms with E-state index in [1.54, 1.807) is 0 Å². The van der Waals surface area contributed by atoms with Gasteiger partial charge in [-0.1, -0.05) is 20.8 Å². The number of hydrogen-bond donors (Lipinski definition) is 2. The summed E-state index contributed by atoms with van der Waals surface area (Å²) >= 11 is 0. The van der Waals surface area contributed by atoms with Crippen molar-refractivity contribution in [3.05, 3.63) is 0 Å². The first kappa shape index (κ1) is 22.0. The van der Waals surface area contributed by atoms with E-state index < -0.39 is 0 Å². The third-order valence-corrected chi connectivity index (χ3v) is 3.74. The molecule has 5 heteroatoms. The highest BCUT2D eigenvalue weighted by Gasteiger charge is 2.20. The lowest BCUT2D eigenvalue weighted by Gasteiger charge is -2.23. The number of ether oxygens (including phenoxy) is 1. The highest BCUT2D eigenvalue weighted by molar-refractivity contribution is 14.0. The molecule has 0 aromatic carbocycles. The first-order chi connectivity index (χ1) is 9.90. The summed E-state index contributed by atoms with van der Waals surface area (Å²) in [7, 11) is 1.83. The van der Waals surface area contributed by atoms with Crippen LogP contribution in [0.2, 0.25) is 0 Å². The molecule has 0 bridgehead atoms. The molecule has 0 radical (unpaired) electrons. The summed E-state index contributed by atoms with van der Waals surface area (Å²) in [5, 5.41) is 6.82. The maximum Gasteiger partial charge on any atom is 0.191 e. The number of rotatable bonds is 9. The Balaban J connectivity index is 0.00000441. The molecule has 1 aliphatic carbocycles. The molecule has 0 aromatic heterocycles. The average molecular weight is 425 g/mol. The van der Waals surface area contributed by atoms with Crippen molar-refractivity contribution in [2.45, 2.75) is 65.8 Å². The van der Waals surface area contributed by atoms with Crippen molar-refractivity contribution in [2.75, 3.05) is 26.8 Å². The molecular weight excluding hydrogens is 389 g/mol. The van der Waals surface area contributed by atoms with Gasteiger partial charge in [0.2, 0.25) is 0 Å². The van der Waals surface area contributed by atoms with E-state index in [4.69, 9.17) is 4.74 Å². The van der Waals surface area contributed by atoms with Gasteiger partial charge in [-0.15, -0.1) is 24.0 Å². The second-order valence-electron chi connectivity index (χ2n) is 7.52. The Hall–Kier alpha value is -0.0400. The first-order valence-corrected chi connectivity index (χ1v) is 8.45. The quantitative estimate of drug-likeness (QED) is 0.256. The molecule has 1 aliphatic rings. The van der Waals surface area contributed by atoms with E-state index in [1.165, 1.54) is 19.3 Å². The Kier molecular flexibility index (Phi) is 11.5. The Morgan fingerprint density at radius 1 is 1.32 bits per heavy atom. The number of nitrogens with zero attached hydrogens (tertiary/aromatic N) is 1. The van der Waals surface area contributed by atoms with Crippen LogP contribution in [0.25, 0.3) is 0 Å². The highest BCUT2D eigenvalue weighted by atomic mass is 127. The van der Waals surface area contributed by atoms with Crippen molar-refractivity contribution >= 4 is 29.9 Å². The zero-order valence-electron chi connectivity index (χ0n) is 15.1. The van der Waals surface area contributed by atoms with E-state index in [9.17, 15) is 0 Å². The van der Waals surface area contributed by atoms with Crippen LogP contribution in [-0.2, 0) is 4.74 Å². The van der Waals surface area contributed by atoms with Crippen LogP contribution >= 0.6 is 24.0 Å². The monoisotopic (exact) mass is 425 g/mol. The third-order valence-electron chi connectivity index (χ3n) is 3.74. The van der Waals surface area contributed by atoms with Gasteiger partial charge >= 0.3 is 0 Å². The molecule has 1 rings (SSSR count). The summed E-state index contributed by atoms with van der Waals surface area (Å²) in [4.78, 5) is 4.28. The van der Waals surface area contributed by atoms with Gasteiger partial charge in [-0.05, 0) is 50.4 Å². The van der Waals surface area contributed by atoms with E-state index in [0.29, 0.717) is 11.5 Å². The fourth-order valence-corrected chi connectivity index (χ4v) is 2.07. The van der Waals surface area contributed by atoms with Gasteiger partial charge < -0.3 is 15.4 Å². The van der Waals surface area contributed by atoms with Crippen molar-refractivity contribution in [1.29, 1.82) is 0 Å². The predicted octanol–water partition coefficient (Wildman–Crippen LogP) is 3.80. The maximum atomic E-state index is 5.63. The second-order valence-corrected chi connectivity index (χ2v) is 7.52. The summed E-state index contributed by atoms with van der Waals surface area (Å²) in [6.45, 7) is 11.8. The van der Waals surface area contributed by atoms with Crippen LogP contribution in [0.5, 0.6) is 0 Å². The standard InChI is InChI=1S/C17H35N3O.HI/c1-14(9-10-17(2,3)4)20-16(18-5)19-11-6-12-21-13-15-7-8-15;/h14-15H,6-13H2,1-5H3,(H2,18,19,20);1H. The van der Waals surface area contributed by atoms with Crippen LogP contribution in [0, 0.1) is 11.3 Å². The maximum absolute atomic E-state index is 5.63. The lowest BCUT2D eigenvalue weighted by molar-refractivity contribution is 0.123. The molecule has 22 heavy (non-hydrogen) atoms. The van der Waals surface area contributed by atoms with Crippen LogP contribution in [0.1, 0.15) is 59.8 Å². The fourth-order valence-electron chi connectivity index (χ4n) is 2.07. The summed E-state index contributed by atoms with van der Waals surface area (Å²) in [5.74, 6) is 1.76. The van der Waals surface area contributed by atoms with Gasteiger partial charge in [-0.2, -0.15) is 0 Å². The lowest BCUT2D eigenvalue weighted by Crippen LogP contribution is -2.43. The Bertz CT molecular complexity index is 312. The van der Waals surface area contributed by atoms with Gasteiger partial charge in [0.1, 0.15) is 0 Å². The van der Waals surface area contributed by atoms with Gasteiger partial charge in [-0.25, -0.2) is 0 Å².